The Labute approximate surface area is 110 Å². The zero-order valence-electron chi connectivity index (χ0n) is 10.3. The molecule has 0 heterocycles. The molecule has 4 nitrogen and oxygen atoms in total. The Morgan fingerprint density at radius 1 is 1.56 bits per heavy atom. The minimum absolute atomic E-state index is 0.0168. The van der Waals surface area contributed by atoms with E-state index in [1.54, 1.807) is 0 Å². The number of hydrogen-bond donors (Lipinski definition) is 2. The van der Waals surface area contributed by atoms with Crippen molar-refractivity contribution in [1.82, 2.24) is 0 Å². The lowest BCUT2D eigenvalue weighted by molar-refractivity contribution is 0.259. The van der Waals surface area contributed by atoms with Crippen LogP contribution in [0.25, 0.3) is 0 Å². The van der Waals surface area contributed by atoms with Crippen LogP contribution in [-0.2, 0) is 0 Å². The van der Waals surface area contributed by atoms with Gasteiger partial charge in [-0.15, -0.1) is 0 Å². The molecule has 0 unspecified atom stereocenters. The van der Waals surface area contributed by atoms with E-state index in [4.69, 9.17) is 27.3 Å². The molecular formula is C12H16ClFN2O2. The maximum Gasteiger partial charge on any atom is 0.144 e. The fraction of sp³-hybridized carbons (Fsp3) is 0.417. The maximum atomic E-state index is 12.9. The summed E-state index contributed by atoms with van der Waals surface area (Å²) in [7, 11) is 0. The first-order chi connectivity index (χ1) is 8.36. The van der Waals surface area contributed by atoms with Crippen molar-refractivity contribution in [1.29, 1.82) is 0 Å². The van der Waals surface area contributed by atoms with Crippen LogP contribution in [0.15, 0.2) is 23.4 Å². The van der Waals surface area contributed by atoms with Crippen molar-refractivity contribution in [3.05, 3.63) is 29.0 Å². The molecule has 0 spiro atoms. The third-order valence-corrected chi connectivity index (χ3v) is 2.98. The third kappa shape index (κ3) is 3.77. The Bertz CT molecular complexity index is 450. The Hall–Kier alpha value is -1.49. The molecule has 1 rings (SSSR count). The normalized spacial score (nSPS) is 12.6. The highest BCUT2D eigenvalue weighted by Crippen LogP contribution is 2.24. The van der Waals surface area contributed by atoms with Crippen LogP contribution in [0.3, 0.4) is 0 Å². The highest BCUT2D eigenvalue weighted by Gasteiger charge is 2.23. The fourth-order valence-electron chi connectivity index (χ4n) is 1.25. The second-order valence-electron chi connectivity index (χ2n) is 4.54. The Morgan fingerprint density at radius 3 is 2.78 bits per heavy atom. The van der Waals surface area contributed by atoms with E-state index in [2.05, 4.69) is 5.16 Å². The van der Waals surface area contributed by atoms with Gasteiger partial charge in [0.2, 0.25) is 0 Å². The number of nitrogens with two attached hydrogens (primary N) is 1. The van der Waals surface area contributed by atoms with E-state index >= 15 is 0 Å². The fourth-order valence-corrected chi connectivity index (χ4v) is 1.42. The summed E-state index contributed by atoms with van der Waals surface area (Å²) < 4.78 is 18.3. The van der Waals surface area contributed by atoms with Crippen LogP contribution < -0.4 is 10.5 Å². The van der Waals surface area contributed by atoms with Crippen LogP contribution in [0.4, 0.5) is 4.39 Å². The summed E-state index contributed by atoms with van der Waals surface area (Å²) in [6.07, 6.45) is 0.553. The zero-order valence-corrected chi connectivity index (χ0v) is 11.0. The second-order valence-corrected chi connectivity index (χ2v) is 4.95. The van der Waals surface area contributed by atoms with Gasteiger partial charge < -0.3 is 15.7 Å². The summed E-state index contributed by atoms with van der Waals surface area (Å²) in [5.41, 5.74) is 5.07. The van der Waals surface area contributed by atoms with Crippen molar-refractivity contribution >= 4 is 17.4 Å². The van der Waals surface area contributed by atoms with Crippen LogP contribution in [0.5, 0.6) is 5.75 Å². The molecule has 3 N–H and O–H groups in total. The van der Waals surface area contributed by atoms with Crippen LogP contribution in [0, 0.1) is 11.2 Å². The number of ether oxygens (including phenoxy) is 1. The summed E-state index contributed by atoms with van der Waals surface area (Å²) in [5, 5.41) is 11.6. The monoisotopic (exact) mass is 274 g/mol. The number of amidine groups is 1. The first-order valence-corrected chi connectivity index (χ1v) is 5.80. The van der Waals surface area contributed by atoms with Crippen molar-refractivity contribution in [2.24, 2.45) is 16.3 Å². The predicted octanol–water partition coefficient (Wildman–Crippen LogP) is 3.02. The van der Waals surface area contributed by atoms with Gasteiger partial charge in [0, 0.05) is 11.5 Å². The van der Waals surface area contributed by atoms with E-state index in [0.29, 0.717) is 18.8 Å². The van der Waals surface area contributed by atoms with Gasteiger partial charge in [-0.05, 0) is 18.6 Å². The largest absolute Gasteiger partial charge is 0.494 e. The Balaban J connectivity index is 2.54. The van der Waals surface area contributed by atoms with Gasteiger partial charge in [0.05, 0.1) is 11.6 Å². The molecule has 0 fully saturated rings. The van der Waals surface area contributed by atoms with Crippen LogP contribution >= 0.6 is 11.6 Å². The molecule has 0 saturated heterocycles. The number of nitrogens with zero attached hydrogens (tertiary/aromatic N) is 1. The molecule has 0 aliphatic carbocycles. The smallest absolute Gasteiger partial charge is 0.144 e. The van der Waals surface area contributed by atoms with E-state index in [1.165, 1.54) is 18.2 Å². The molecule has 0 saturated carbocycles. The highest BCUT2D eigenvalue weighted by atomic mass is 35.5. The van der Waals surface area contributed by atoms with E-state index in [-0.39, 0.29) is 10.9 Å². The molecule has 100 valence electrons. The summed E-state index contributed by atoms with van der Waals surface area (Å²) in [6, 6.07) is 4.15. The number of halogens is 2. The van der Waals surface area contributed by atoms with Crippen molar-refractivity contribution in [2.75, 3.05) is 6.61 Å². The van der Waals surface area contributed by atoms with Crippen molar-refractivity contribution in [3.63, 3.8) is 0 Å². The average Bonchev–Trinajstić information content (AvgIpc) is 2.32. The van der Waals surface area contributed by atoms with Crippen LogP contribution in [0.1, 0.15) is 20.3 Å². The van der Waals surface area contributed by atoms with E-state index in [0.717, 1.165) is 0 Å². The van der Waals surface area contributed by atoms with Gasteiger partial charge in [-0.3, -0.25) is 0 Å². The lowest BCUT2D eigenvalue weighted by Crippen LogP contribution is -2.33. The first-order valence-electron chi connectivity index (χ1n) is 5.42. The first kappa shape index (κ1) is 14.6. The number of benzene rings is 1. The molecule has 6 heteroatoms. The van der Waals surface area contributed by atoms with Gasteiger partial charge in [0.25, 0.3) is 0 Å². The molecule has 0 atom stereocenters. The summed E-state index contributed by atoms with van der Waals surface area (Å²) >= 11 is 5.63. The molecule has 0 aromatic heterocycles. The van der Waals surface area contributed by atoms with Gasteiger partial charge >= 0.3 is 0 Å². The standard InChI is InChI=1S/C12H16ClFN2O2/c1-12(2,11(15)16-17)5-6-18-8-3-4-10(14)9(13)7-8/h3-4,7,17H,5-6H2,1-2H3,(H2,15,16). The highest BCUT2D eigenvalue weighted by molar-refractivity contribution is 6.30. The van der Waals surface area contributed by atoms with Gasteiger partial charge in [0.15, 0.2) is 0 Å². The minimum atomic E-state index is -0.485. The topological polar surface area (TPSA) is 67.8 Å². The van der Waals surface area contributed by atoms with Gasteiger partial charge in [-0.2, -0.15) is 0 Å². The third-order valence-electron chi connectivity index (χ3n) is 2.69. The van der Waals surface area contributed by atoms with E-state index < -0.39 is 11.2 Å². The summed E-state index contributed by atoms with van der Waals surface area (Å²) in [5.74, 6) is 0.140. The van der Waals surface area contributed by atoms with Gasteiger partial charge in [-0.1, -0.05) is 30.6 Å². The predicted molar refractivity (Wildman–Crippen MR) is 68.7 cm³/mol. The lowest BCUT2D eigenvalue weighted by atomic mass is 9.88. The van der Waals surface area contributed by atoms with Crippen molar-refractivity contribution in [2.45, 2.75) is 20.3 Å². The van der Waals surface area contributed by atoms with E-state index in [9.17, 15) is 4.39 Å². The molecule has 0 aliphatic heterocycles. The molecular weight excluding hydrogens is 259 g/mol. The quantitative estimate of drug-likeness (QED) is 0.375. The maximum absolute atomic E-state index is 12.9. The van der Waals surface area contributed by atoms with Crippen LogP contribution in [-0.4, -0.2) is 17.6 Å². The molecule has 0 aliphatic rings. The zero-order chi connectivity index (χ0) is 13.8. The Kier molecular flexibility index (Phi) is 4.78. The van der Waals surface area contributed by atoms with Crippen LogP contribution in [0.2, 0.25) is 5.02 Å². The van der Waals surface area contributed by atoms with E-state index in [1.807, 2.05) is 13.8 Å². The molecule has 0 radical (unpaired) electrons. The second kappa shape index (κ2) is 5.91. The Morgan fingerprint density at radius 2 is 2.22 bits per heavy atom. The average molecular weight is 275 g/mol. The lowest BCUT2D eigenvalue weighted by Gasteiger charge is -2.22. The molecule has 1 aromatic rings. The van der Waals surface area contributed by atoms with Crippen molar-refractivity contribution in [3.8, 4) is 5.75 Å². The summed E-state index contributed by atoms with van der Waals surface area (Å²) in [6.45, 7) is 4.03. The molecule has 0 amide bonds. The van der Waals surface area contributed by atoms with Gasteiger partial charge in [-0.25, -0.2) is 4.39 Å². The van der Waals surface area contributed by atoms with Gasteiger partial charge in [0.1, 0.15) is 17.4 Å². The number of rotatable bonds is 5. The minimum Gasteiger partial charge on any atom is -0.494 e. The molecule has 18 heavy (non-hydrogen) atoms. The molecule has 0 bridgehead atoms. The summed E-state index contributed by atoms with van der Waals surface area (Å²) in [4.78, 5) is 0. The number of hydrogen-bond acceptors (Lipinski definition) is 3. The van der Waals surface area contributed by atoms with Crippen molar-refractivity contribution < 1.29 is 14.3 Å². The molecule has 1 aromatic carbocycles. The SMILES string of the molecule is CC(C)(CCOc1ccc(F)c(Cl)c1)C(N)=NO. The number of oxime groups is 1.